The maximum Gasteiger partial charge on any atom is 0.345 e. The highest BCUT2D eigenvalue weighted by molar-refractivity contribution is 5.95. The Morgan fingerprint density at radius 2 is 2.12 bits per heavy atom. The Morgan fingerprint density at radius 1 is 1.38 bits per heavy atom. The number of carbonyl (C=O) groups is 1. The predicted molar refractivity (Wildman–Crippen MR) is 96.4 cm³/mol. The highest BCUT2D eigenvalue weighted by atomic mass is 16.6. The highest BCUT2D eigenvalue weighted by Gasteiger charge is 2.26. The van der Waals surface area contributed by atoms with Crippen molar-refractivity contribution in [1.82, 2.24) is 9.78 Å². The molecule has 26 heavy (non-hydrogen) atoms. The predicted octanol–water partition coefficient (Wildman–Crippen LogP) is 2.89. The molecule has 0 aliphatic carbocycles. The Labute approximate surface area is 151 Å². The second-order valence-electron chi connectivity index (χ2n) is 6.39. The Balaban J connectivity index is 1.76. The molecule has 0 spiro atoms. The second kappa shape index (κ2) is 7.55. The topological polar surface area (TPSA) is 90.5 Å². The monoisotopic (exact) mass is 358 g/mol. The van der Waals surface area contributed by atoms with Gasteiger partial charge in [-0.2, -0.15) is 5.10 Å². The lowest BCUT2D eigenvalue weighted by molar-refractivity contribution is -0.385. The quantitative estimate of drug-likeness (QED) is 0.464. The lowest BCUT2D eigenvalue weighted by atomic mass is 9.91. The number of esters is 1. The average Bonchev–Trinajstić information content (AvgIpc) is 3.08. The fourth-order valence-electron chi connectivity index (χ4n) is 3.37. The van der Waals surface area contributed by atoms with Crippen LogP contribution >= 0.6 is 0 Å². The molecule has 0 unspecified atom stereocenters. The third kappa shape index (κ3) is 3.68. The number of carbonyl (C=O) groups excluding carboxylic acids is 1. The normalized spacial score (nSPS) is 15.1. The molecule has 3 rings (SSSR count). The van der Waals surface area contributed by atoms with Gasteiger partial charge in [0.25, 0.3) is 5.69 Å². The van der Waals surface area contributed by atoms with Crippen molar-refractivity contribution >= 4 is 17.3 Å². The van der Waals surface area contributed by atoms with Crippen LogP contribution in [-0.4, -0.2) is 40.4 Å². The Hall–Kier alpha value is -2.90. The van der Waals surface area contributed by atoms with Gasteiger partial charge in [-0.3, -0.25) is 14.8 Å². The molecule has 0 bridgehead atoms. The van der Waals surface area contributed by atoms with Gasteiger partial charge in [0, 0.05) is 38.1 Å². The van der Waals surface area contributed by atoms with Crippen LogP contribution in [0.3, 0.4) is 0 Å². The molecule has 2 aromatic rings. The number of aryl methyl sites for hydroxylation is 1. The second-order valence-corrected chi connectivity index (χ2v) is 6.39. The van der Waals surface area contributed by atoms with Crippen molar-refractivity contribution in [3.05, 3.63) is 51.8 Å². The van der Waals surface area contributed by atoms with Gasteiger partial charge in [0.1, 0.15) is 5.56 Å². The van der Waals surface area contributed by atoms with E-state index in [1.165, 1.54) is 11.6 Å². The molecule has 0 N–H and O–H groups in total. The average molecular weight is 358 g/mol. The zero-order chi connectivity index (χ0) is 18.7. The molecule has 1 aromatic heterocycles. The van der Waals surface area contributed by atoms with Crippen LogP contribution in [0.15, 0.2) is 30.6 Å². The van der Waals surface area contributed by atoms with Crippen LogP contribution in [-0.2, 0) is 11.8 Å². The molecule has 1 aliphatic heterocycles. The zero-order valence-electron chi connectivity index (χ0n) is 14.9. The van der Waals surface area contributed by atoms with Gasteiger partial charge in [0.05, 0.1) is 17.7 Å². The molecule has 1 fully saturated rings. The van der Waals surface area contributed by atoms with E-state index in [-0.39, 0.29) is 17.9 Å². The number of benzene rings is 1. The van der Waals surface area contributed by atoms with Crippen molar-refractivity contribution < 1.29 is 14.5 Å². The minimum Gasteiger partial charge on any atom is -0.462 e. The maximum absolute atomic E-state index is 12.1. The van der Waals surface area contributed by atoms with Gasteiger partial charge in [-0.05, 0) is 43.4 Å². The van der Waals surface area contributed by atoms with E-state index in [0.29, 0.717) is 5.92 Å². The van der Waals surface area contributed by atoms with Crippen LogP contribution in [0.4, 0.5) is 11.4 Å². The summed E-state index contributed by atoms with van der Waals surface area (Å²) < 4.78 is 6.78. The van der Waals surface area contributed by atoms with Crippen molar-refractivity contribution in [2.45, 2.75) is 25.7 Å². The number of nitro benzene ring substituents is 1. The first-order valence-corrected chi connectivity index (χ1v) is 8.68. The largest absolute Gasteiger partial charge is 0.462 e. The molecule has 2 heterocycles. The summed E-state index contributed by atoms with van der Waals surface area (Å²) in [6, 6.07) is 4.65. The van der Waals surface area contributed by atoms with Crippen molar-refractivity contribution in [2.75, 3.05) is 24.6 Å². The summed E-state index contributed by atoms with van der Waals surface area (Å²) in [5.74, 6) is -0.200. The molecule has 138 valence electrons. The summed E-state index contributed by atoms with van der Waals surface area (Å²) in [7, 11) is 1.91. The van der Waals surface area contributed by atoms with E-state index in [1.807, 2.05) is 24.1 Å². The fourth-order valence-corrected chi connectivity index (χ4v) is 3.37. The molecule has 1 aromatic carbocycles. The summed E-state index contributed by atoms with van der Waals surface area (Å²) in [5.41, 5.74) is 1.83. The van der Waals surface area contributed by atoms with Gasteiger partial charge >= 0.3 is 5.97 Å². The van der Waals surface area contributed by atoms with Crippen molar-refractivity contribution in [1.29, 1.82) is 0 Å². The number of ether oxygens (including phenoxy) is 1. The van der Waals surface area contributed by atoms with Gasteiger partial charge < -0.3 is 9.64 Å². The van der Waals surface area contributed by atoms with Crippen LogP contribution in [0, 0.1) is 10.1 Å². The molecule has 0 amide bonds. The molecule has 1 saturated heterocycles. The summed E-state index contributed by atoms with van der Waals surface area (Å²) in [5, 5.41) is 15.4. The minimum absolute atomic E-state index is 0.00346. The lowest BCUT2D eigenvalue weighted by Crippen LogP contribution is -2.33. The summed E-state index contributed by atoms with van der Waals surface area (Å²) in [6.07, 6.45) is 5.89. The molecule has 8 nitrogen and oxygen atoms in total. The number of piperidine rings is 1. The van der Waals surface area contributed by atoms with Crippen LogP contribution in [0.25, 0.3) is 0 Å². The number of hydrogen-bond donors (Lipinski definition) is 0. The van der Waals surface area contributed by atoms with Gasteiger partial charge in [-0.25, -0.2) is 4.79 Å². The Morgan fingerprint density at radius 3 is 2.69 bits per heavy atom. The molecular weight excluding hydrogens is 336 g/mol. The minimum atomic E-state index is -0.661. The van der Waals surface area contributed by atoms with Gasteiger partial charge in [0.15, 0.2) is 0 Å². The smallest absolute Gasteiger partial charge is 0.345 e. The molecular formula is C18H22N4O4. The van der Waals surface area contributed by atoms with E-state index in [4.69, 9.17) is 4.74 Å². The van der Waals surface area contributed by atoms with E-state index < -0.39 is 10.9 Å². The van der Waals surface area contributed by atoms with Crippen molar-refractivity contribution in [3.63, 3.8) is 0 Å². The molecule has 0 radical (unpaired) electrons. The van der Waals surface area contributed by atoms with E-state index >= 15 is 0 Å². The van der Waals surface area contributed by atoms with Crippen molar-refractivity contribution in [2.24, 2.45) is 7.05 Å². The van der Waals surface area contributed by atoms with Gasteiger partial charge in [-0.1, -0.05) is 0 Å². The molecule has 0 atom stereocenters. The first-order chi connectivity index (χ1) is 12.5. The summed E-state index contributed by atoms with van der Waals surface area (Å²) in [4.78, 5) is 24.9. The Bertz CT molecular complexity index is 809. The van der Waals surface area contributed by atoms with Crippen LogP contribution in [0.2, 0.25) is 0 Å². The van der Waals surface area contributed by atoms with Crippen LogP contribution in [0.5, 0.6) is 0 Å². The van der Waals surface area contributed by atoms with E-state index in [1.54, 1.807) is 19.1 Å². The Kier molecular flexibility index (Phi) is 5.20. The SMILES string of the molecule is CCOC(=O)c1cc(N2CCC(c3cnn(C)c3)CC2)ccc1[N+](=O)[O-]. The van der Waals surface area contributed by atoms with E-state index in [9.17, 15) is 14.9 Å². The molecule has 0 saturated carbocycles. The van der Waals surface area contributed by atoms with Crippen molar-refractivity contribution in [3.8, 4) is 0 Å². The number of anilines is 1. The van der Waals surface area contributed by atoms with Crippen LogP contribution in [0.1, 0.15) is 41.6 Å². The first kappa shape index (κ1) is 17.9. The number of rotatable bonds is 5. The summed E-state index contributed by atoms with van der Waals surface area (Å²) in [6.45, 7) is 3.49. The third-order valence-electron chi connectivity index (χ3n) is 4.73. The highest BCUT2D eigenvalue weighted by Crippen LogP contribution is 2.32. The standard InChI is InChI=1S/C18H22N4O4/c1-3-26-18(23)16-10-15(4-5-17(16)22(24)25)21-8-6-13(7-9-21)14-11-19-20(2)12-14/h4-5,10-13H,3,6-9H2,1-2H3. The first-order valence-electron chi connectivity index (χ1n) is 8.68. The number of aromatic nitrogens is 2. The number of nitrogens with zero attached hydrogens (tertiary/aromatic N) is 4. The zero-order valence-corrected chi connectivity index (χ0v) is 14.9. The molecule has 8 heteroatoms. The molecule has 1 aliphatic rings. The fraction of sp³-hybridized carbons (Fsp3) is 0.444. The third-order valence-corrected chi connectivity index (χ3v) is 4.73. The van der Waals surface area contributed by atoms with Gasteiger partial charge in [-0.15, -0.1) is 0 Å². The maximum atomic E-state index is 12.1. The number of hydrogen-bond acceptors (Lipinski definition) is 6. The van der Waals surface area contributed by atoms with Crippen LogP contribution < -0.4 is 4.90 Å². The lowest BCUT2D eigenvalue weighted by Gasteiger charge is -2.33. The summed E-state index contributed by atoms with van der Waals surface area (Å²) >= 11 is 0. The van der Waals surface area contributed by atoms with E-state index in [0.717, 1.165) is 31.6 Å². The van der Waals surface area contributed by atoms with E-state index in [2.05, 4.69) is 10.00 Å². The number of nitro groups is 1. The van der Waals surface area contributed by atoms with Gasteiger partial charge in [0.2, 0.25) is 0 Å².